The number of primary amides is 1. The van der Waals surface area contributed by atoms with Crippen LogP contribution in [0.2, 0.25) is 0 Å². The third-order valence-electron chi connectivity index (χ3n) is 3.31. The first kappa shape index (κ1) is 16.4. The Kier molecular flexibility index (Phi) is 5.95. The molecule has 0 fully saturated rings. The van der Waals surface area contributed by atoms with Crippen LogP contribution in [0.15, 0.2) is 18.2 Å². The Morgan fingerprint density at radius 3 is 2.75 bits per heavy atom. The van der Waals surface area contributed by atoms with E-state index in [-0.39, 0.29) is 5.82 Å². The standard InChI is InChI=1S/C15H23FN2O2/c1-4-8-18-15(3,14(17)19)7-9-20-12-5-6-13(16)11(2)10-12/h5-6,10,18H,4,7-9H2,1-3H3,(H2,17,19). The van der Waals surface area contributed by atoms with Crippen molar-refractivity contribution in [3.8, 4) is 5.75 Å². The summed E-state index contributed by atoms with van der Waals surface area (Å²) < 4.78 is 18.7. The summed E-state index contributed by atoms with van der Waals surface area (Å²) in [5.74, 6) is -0.0695. The maximum Gasteiger partial charge on any atom is 0.237 e. The van der Waals surface area contributed by atoms with Crippen LogP contribution < -0.4 is 15.8 Å². The van der Waals surface area contributed by atoms with Gasteiger partial charge in [-0.3, -0.25) is 4.79 Å². The molecule has 0 saturated heterocycles. The monoisotopic (exact) mass is 282 g/mol. The summed E-state index contributed by atoms with van der Waals surface area (Å²) in [4.78, 5) is 11.5. The van der Waals surface area contributed by atoms with E-state index in [2.05, 4.69) is 5.32 Å². The van der Waals surface area contributed by atoms with Gasteiger partial charge in [-0.1, -0.05) is 6.92 Å². The van der Waals surface area contributed by atoms with E-state index in [0.29, 0.717) is 24.3 Å². The fourth-order valence-corrected chi connectivity index (χ4v) is 1.78. The van der Waals surface area contributed by atoms with Gasteiger partial charge in [-0.15, -0.1) is 0 Å². The van der Waals surface area contributed by atoms with Crippen LogP contribution in [0.5, 0.6) is 5.75 Å². The third-order valence-corrected chi connectivity index (χ3v) is 3.31. The highest BCUT2D eigenvalue weighted by Crippen LogP contribution is 2.17. The van der Waals surface area contributed by atoms with E-state index < -0.39 is 11.4 Å². The maximum atomic E-state index is 13.1. The topological polar surface area (TPSA) is 64.3 Å². The second kappa shape index (κ2) is 7.24. The molecule has 1 aromatic carbocycles. The predicted molar refractivity (Wildman–Crippen MR) is 77.1 cm³/mol. The molecule has 0 aliphatic carbocycles. The smallest absolute Gasteiger partial charge is 0.237 e. The molecule has 4 nitrogen and oxygen atoms in total. The van der Waals surface area contributed by atoms with Crippen molar-refractivity contribution in [3.63, 3.8) is 0 Å². The van der Waals surface area contributed by atoms with Crippen LogP contribution in [0.25, 0.3) is 0 Å². The summed E-state index contributed by atoms with van der Waals surface area (Å²) >= 11 is 0. The lowest BCUT2D eigenvalue weighted by atomic mass is 9.97. The highest BCUT2D eigenvalue weighted by atomic mass is 19.1. The average molecular weight is 282 g/mol. The molecule has 20 heavy (non-hydrogen) atoms. The zero-order chi connectivity index (χ0) is 15.2. The number of benzene rings is 1. The van der Waals surface area contributed by atoms with Crippen LogP contribution in [-0.2, 0) is 4.79 Å². The van der Waals surface area contributed by atoms with E-state index in [0.717, 1.165) is 13.0 Å². The van der Waals surface area contributed by atoms with Gasteiger partial charge in [0.25, 0.3) is 0 Å². The Hall–Kier alpha value is -1.62. The number of hydrogen-bond acceptors (Lipinski definition) is 3. The van der Waals surface area contributed by atoms with Gasteiger partial charge in [-0.05, 0) is 50.6 Å². The Morgan fingerprint density at radius 2 is 2.20 bits per heavy atom. The van der Waals surface area contributed by atoms with E-state index in [9.17, 15) is 9.18 Å². The Morgan fingerprint density at radius 1 is 1.50 bits per heavy atom. The van der Waals surface area contributed by atoms with Crippen molar-refractivity contribution in [1.82, 2.24) is 5.32 Å². The van der Waals surface area contributed by atoms with E-state index >= 15 is 0 Å². The number of ether oxygens (including phenoxy) is 1. The number of nitrogens with one attached hydrogen (secondary N) is 1. The van der Waals surface area contributed by atoms with Crippen molar-refractivity contribution in [2.24, 2.45) is 5.73 Å². The highest BCUT2D eigenvalue weighted by molar-refractivity contribution is 5.84. The molecule has 112 valence electrons. The number of amides is 1. The van der Waals surface area contributed by atoms with Gasteiger partial charge < -0.3 is 15.8 Å². The maximum absolute atomic E-state index is 13.1. The summed E-state index contributed by atoms with van der Waals surface area (Å²) in [6.07, 6.45) is 1.37. The van der Waals surface area contributed by atoms with E-state index in [1.54, 1.807) is 26.0 Å². The Bertz CT molecular complexity index is 465. The zero-order valence-electron chi connectivity index (χ0n) is 12.3. The van der Waals surface area contributed by atoms with Crippen molar-refractivity contribution in [2.75, 3.05) is 13.2 Å². The molecule has 5 heteroatoms. The molecule has 1 rings (SSSR count). The molecule has 0 aliphatic rings. The summed E-state index contributed by atoms with van der Waals surface area (Å²) in [7, 11) is 0. The van der Waals surface area contributed by atoms with Gasteiger partial charge in [0.2, 0.25) is 5.91 Å². The highest BCUT2D eigenvalue weighted by Gasteiger charge is 2.29. The molecule has 0 spiro atoms. The number of nitrogens with two attached hydrogens (primary N) is 1. The van der Waals surface area contributed by atoms with E-state index in [4.69, 9.17) is 10.5 Å². The van der Waals surface area contributed by atoms with E-state index in [1.807, 2.05) is 6.92 Å². The van der Waals surface area contributed by atoms with Crippen molar-refractivity contribution < 1.29 is 13.9 Å². The van der Waals surface area contributed by atoms with Crippen molar-refractivity contribution in [1.29, 1.82) is 0 Å². The quantitative estimate of drug-likeness (QED) is 0.768. The molecule has 0 aromatic heterocycles. The fourth-order valence-electron chi connectivity index (χ4n) is 1.78. The summed E-state index contributed by atoms with van der Waals surface area (Å²) in [5, 5.41) is 3.14. The summed E-state index contributed by atoms with van der Waals surface area (Å²) in [6, 6.07) is 4.58. The van der Waals surface area contributed by atoms with Gasteiger partial charge in [0.15, 0.2) is 0 Å². The normalized spacial score (nSPS) is 13.8. The van der Waals surface area contributed by atoms with Crippen LogP contribution in [0, 0.1) is 12.7 Å². The first-order chi connectivity index (χ1) is 9.39. The molecule has 1 amide bonds. The number of carbonyl (C=O) groups excluding carboxylic acids is 1. The van der Waals surface area contributed by atoms with Gasteiger partial charge >= 0.3 is 0 Å². The van der Waals surface area contributed by atoms with Crippen LogP contribution in [0.4, 0.5) is 4.39 Å². The molecule has 0 heterocycles. The lowest BCUT2D eigenvalue weighted by Crippen LogP contribution is -2.54. The van der Waals surface area contributed by atoms with Gasteiger partial charge in [0.1, 0.15) is 11.6 Å². The van der Waals surface area contributed by atoms with Crippen molar-refractivity contribution >= 4 is 5.91 Å². The second-order valence-electron chi connectivity index (χ2n) is 5.13. The molecule has 0 aliphatic heterocycles. The van der Waals surface area contributed by atoms with Gasteiger partial charge in [0, 0.05) is 6.42 Å². The minimum atomic E-state index is -0.787. The molecule has 1 unspecified atom stereocenters. The minimum Gasteiger partial charge on any atom is -0.493 e. The number of hydrogen-bond donors (Lipinski definition) is 2. The Balaban J connectivity index is 2.55. The molecule has 3 N–H and O–H groups in total. The van der Waals surface area contributed by atoms with Gasteiger partial charge in [-0.2, -0.15) is 0 Å². The molecule has 1 aromatic rings. The van der Waals surface area contributed by atoms with Crippen LogP contribution in [0.1, 0.15) is 32.3 Å². The number of rotatable bonds is 8. The number of halogens is 1. The minimum absolute atomic E-state index is 0.260. The van der Waals surface area contributed by atoms with Crippen molar-refractivity contribution in [3.05, 3.63) is 29.6 Å². The third kappa shape index (κ3) is 4.49. The largest absolute Gasteiger partial charge is 0.493 e. The summed E-state index contributed by atoms with van der Waals surface area (Å²) in [5.41, 5.74) is 5.17. The van der Waals surface area contributed by atoms with Crippen molar-refractivity contribution in [2.45, 2.75) is 39.2 Å². The average Bonchev–Trinajstić information content (AvgIpc) is 2.40. The molecular formula is C15H23FN2O2. The van der Waals surface area contributed by atoms with Crippen LogP contribution in [0.3, 0.4) is 0 Å². The molecular weight excluding hydrogens is 259 g/mol. The fraction of sp³-hybridized carbons (Fsp3) is 0.533. The predicted octanol–water partition coefficient (Wildman–Crippen LogP) is 2.15. The first-order valence-corrected chi connectivity index (χ1v) is 6.83. The lowest BCUT2D eigenvalue weighted by Gasteiger charge is -2.27. The second-order valence-corrected chi connectivity index (χ2v) is 5.13. The zero-order valence-corrected chi connectivity index (χ0v) is 12.3. The molecule has 0 bridgehead atoms. The first-order valence-electron chi connectivity index (χ1n) is 6.83. The summed E-state index contributed by atoms with van der Waals surface area (Å²) in [6.45, 7) is 6.52. The lowest BCUT2D eigenvalue weighted by molar-refractivity contribution is -0.124. The molecule has 1 atom stereocenters. The number of carbonyl (C=O) groups is 1. The molecule has 0 radical (unpaired) electrons. The van der Waals surface area contributed by atoms with Gasteiger partial charge in [0.05, 0.1) is 12.1 Å². The van der Waals surface area contributed by atoms with Crippen LogP contribution in [-0.4, -0.2) is 24.6 Å². The van der Waals surface area contributed by atoms with Gasteiger partial charge in [-0.25, -0.2) is 4.39 Å². The van der Waals surface area contributed by atoms with E-state index in [1.165, 1.54) is 6.07 Å². The van der Waals surface area contributed by atoms with Crippen LogP contribution >= 0.6 is 0 Å². The SMILES string of the molecule is CCCNC(C)(CCOc1ccc(F)c(C)c1)C(N)=O. The number of aryl methyl sites for hydroxylation is 1. The Labute approximate surface area is 119 Å². The molecule has 0 saturated carbocycles.